The van der Waals surface area contributed by atoms with Gasteiger partial charge >= 0.3 is 0 Å². The van der Waals surface area contributed by atoms with E-state index in [4.69, 9.17) is 9.47 Å². The van der Waals surface area contributed by atoms with Crippen LogP contribution in [0, 0.1) is 0 Å². The second-order valence-electron chi connectivity index (χ2n) is 6.03. The second-order valence-corrected chi connectivity index (χ2v) is 6.03. The number of methoxy groups -OCH3 is 2. The number of amides is 1. The fraction of sp³-hybridized carbons (Fsp3) is 0.200. The number of carbonyl (C=O) groups excluding carboxylic acids is 2. The summed E-state index contributed by atoms with van der Waals surface area (Å²) in [6.07, 6.45) is 0. The van der Waals surface area contributed by atoms with Gasteiger partial charge in [-0.1, -0.05) is 6.07 Å². The largest absolute Gasteiger partial charge is 0.504 e. The molecule has 0 aromatic heterocycles. The molecular weight excluding hydrogens is 350 g/mol. The molecule has 140 valence electrons. The molecule has 0 saturated carbocycles. The Labute approximate surface area is 156 Å². The Morgan fingerprint density at radius 3 is 2.26 bits per heavy atom. The predicted octanol–water partition coefficient (Wildman–Crippen LogP) is 2.90. The van der Waals surface area contributed by atoms with Crippen LogP contribution in [-0.4, -0.2) is 36.1 Å². The van der Waals surface area contributed by atoms with E-state index in [1.165, 1.54) is 38.2 Å². The van der Waals surface area contributed by atoms with Crippen LogP contribution in [0.15, 0.2) is 53.8 Å². The molecule has 0 unspecified atom stereocenters. The average Bonchev–Trinajstić information content (AvgIpc) is 2.93. The number of nitrogens with zero attached hydrogens (tertiary/aromatic N) is 1. The maximum Gasteiger partial charge on any atom is 0.294 e. The quantitative estimate of drug-likeness (QED) is 0.841. The summed E-state index contributed by atoms with van der Waals surface area (Å²) in [7, 11) is 2.93. The molecule has 2 N–H and O–H groups in total. The average molecular weight is 369 g/mol. The SMILES string of the molecule is COc1ccc(N2C(=O)C(O)=C(C(C)=O)[C@@H]2c2ccc(O)c(OC)c2)cc1. The van der Waals surface area contributed by atoms with Gasteiger partial charge in [0.15, 0.2) is 23.0 Å². The summed E-state index contributed by atoms with van der Waals surface area (Å²) >= 11 is 0. The summed E-state index contributed by atoms with van der Waals surface area (Å²) in [5, 5.41) is 20.2. The highest BCUT2D eigenvalue weighted by molar-refractivity contribution is 6.16. The summed E-state index contributed by atoms with van der Waals surface area (Å²) in [6.45, 7) is 1.29. The number of aromatic hydroxyl groups is 1. The predicted molar refractivity (Wildman–Crippen MR) is 98.2 cm³/mol. The molecule has 7 nitrogen and oxygen atoms in total. The number of carbonyl (C=O) groups is 2. The number of aliphatic hydroxyl groups excluding tert-OH is 1. The molecule has 0 aliphatic carbocycles. The number of benzene rings is 2. The first kappa shape index (κ1) is 18.3. The van der Waals surface area contributed by atoms with Crippen LogP contribution in [0.4, 0.5) is 5.69 Å². The van der Waals surface area contributed by atoms with Crippen LogP contribution in [0.2, 0.25) is 0 Å². The molecule has 0 spiro atoms. The third kappa shape index (κ3) is 3.08. The lowest BCUT2D eigenvalue weighted by atomic mass is 9.96. The number of aliphatic hydroxyl groups is 1. The molecule has 27 heavy (non-hydrogen) atoms. The molecule has 1 amide bonds. The summed E-state index contributed by atoms with van der Waals surface area (Å²) in [6, 6.07) is 10.4. The standard InChI is InChI=1S/C20H19NO6/c1-11(22)17-18(12-4-9-15(23)16(10-12)27-3)21(20(25)19(17)24)13-5-7-14(26-2)8-6-13/h4-10,18,23-24H,1-3H3/t18-/m0/s1. The highest BCUT2D eigenvalue weighted by Gasteiger charge is 2.43. The van der Waals surface area contributed by atoms with Gasteiger partial charge in [-0.3, -0.25) is 14.5 Å². The number of phenolic OH excluding ortho intramolecular Hbond substituents is 1. The molecule has 0 fully saturated rings. The van der Waals surface area contributed by atoms with Gasteiger partial charge in [-0.2, -0.15) is 0 Å². The first-order chi connectivity index (χ1) is 12.9. The van der Waals surface area contributed by atoms with Crippen molar-refractivity contribution in [1.29, 1.82) is 0 Å². The van der Waals surface area contributed by atoms with Crippen LogP contribution in [0.25, 0.3) is 0 Å². The Morgan fingerprint density at radius 1 is 1.04 bits per heavy atom. The first-order valence-corrected chi connectivity index (χ1v) is 8.17. The van der Waals surface area contributed by atoms with Gasteiger partial charge in [-0.15, -0.1) is 0 Å². The lowest BCUT2D eigenvalue weighted by Crippen LogP contribution is -2.30. The van der Waals surface area contributed by atoms with Crippen LogP contribution in [0.1, 0.15) is 18.5 Å². The normalized spacial score (nSPS) is 16.6. The van der Waals surface area contributed by atoms with Gasteiger partial charge in [0.05, 0.1) is 25.8 Å². The minimum absolute atomic E-state index is 0.0106. The zero-order valence-electron chi connectivity index (χ0n) is 15.1. The molecular formula is C20H19NO6. The number of hydrogen-bond donors (Lipinski definition) is 2. The van der Waals surface area contributed by atoms with Crippen molar-refractivity contribution >= 4 is 17.4 Å². The Morgan fingerprint density at radius 2 is 1.70 bits per heavy atom. The van der Waals surface area contributed by atoms with Crippen molar-refractivity contribution in [2.75, 3.05) is 19.1 Å². The maximum absolute atomic E-state index is 12.7. The van der Waals surface area contributed by atoms with Crippen molar-refractivity contribution in [2.45, 2.75) is 13.0 Å². The van der Waals surface area contributed by atoms with Crippen molar-refractivity contribution in [3.05, 3.63) is 59.4 Å². The van der Waals surface area contributed by atoms with Gasteiger partial charge in [0.25, 0.3) is 5.91 Å². The van der Waals surface area contributed by atoms with Crippen molar-refractivity contribution < 1.29 is 29.3 Å². The van der Waals surface area contributed by atoms with Crippen LogP contribution in [0.5, 0.6) is 17.2 Å². The number of rotatable bonds is 5. The molecule has 1 aliphatic rings. The zero-order valence-corrected chi connectivity index (χ0v) is 15.1. The van der Waals surface area contributed by atoms with Crippen molar-refractivity contribution in [3.63, 3.8) is 0 Å². The first-order valence-electron chi connectivity index (χ1n) is 8.17. The zero-order chi connectivity index (χ0) is 19.7. The lowest BCUT2D eigenvalue weighted by Gasteiger charge is -2.27. The number of ether oxygens (including phenoxy) is 2. The van der Waals surface area contributed by atoms with Gasteiger partial charge in [-0.25, -0.2) is 0 Å². The van der Waals surface area contributed by atoms with E-state index in [1.54, 1.807) is 30.3 Å². The van der Waals surface area contributed by atoms with Gasteiger partial charge in [0, 0.05) is 5.69 Å². The van der Waals surface area contributed by atoms with E-state index in [0.29, 0.717) is 17.0 Å². The van der Waals surface area contributed by atoms with Gasteiger partial charge in [0.1, 0.15) is 5.75 Å². The number of ketones is 1. The molecule has 7 heteroatoms. The molecule has 0 bridgehead atoms. The van der Waals surface area contributed by atoms with E-state index < -0.39 is 23.5 Å². The minimum atomic E-state index is -0.849. The van der Waals surface area contributed by atoms with Crippen LogP contribution < -0.4 is 14.4 Å². The molecule has 0 saturated heterocycles. The van der Waals surface area contributed by atoms with Crippen molar-refractivity contribution in [3.8, 4) is 17.2 Å². The summed E-state index contributed by atoms with van der Waals surface area (Å²) in [5.41, 5.74) is 0.993. The van der Waals surface area contributed by atoms with E-state index in [1.807, 2.05) is 0 Å². The third-order valence-electron chi connectivity index (χ3n) is 4.46. The fourth-order valence-corrected chi connectivity index (χ4v) is 3.15. The number of Topliss-reactive ketones (excluding diaryl/α,β-unsaturated/α-hetero) is 1. The van der Waals surface area contributed by atoms with Gasteiger partial charge in [0.2, 0.25) is 0 Å². The Bertz CT molecular complexity index is 932. The lowest BCUT2D eigenvalue weighted by molar-refractivity contribution is -0.117. The van der Waals surface area contributed by atoms with Gasteiger partial charge in [-0.05, 0) is 48.9 Å². The second kappa shape index (κ2) is 7.03. The highest BCUT2D eigenvalue weighted by atomic mass is 16.5. The third-order valence-corrected chi connectivity index (χ3v) is 4.46. The molecule has 0 radical (unpaired) electrons. The van der Waals surface area contributed by atoms with E-state index in [9.17, 15) is 19.8 Å². The van der Waals surface area contributed by atoms with E-state index in [2.05, 4.69) is 0 Å². The Hall–Kier alpha value is -3.48. The summed E-state index contributed by atoms with van der Waals surface area (Å²) < 4.78 is 10.3. The smallest absolute Gasteiger partial charge is 0.294 e. The van der Waals surface area contributed by atoms with E-state index in [0.717, 1.165) is 0 Å². The van der Waals surface area contributed by atoms with Crippen molar-refractivity contribution in [1.82, 2.24) is 0 Å². The van der Waals surface area contributed by atoms with Crippen molar-refractivity contribution in [2.24, 2.45) is 0 Å². The van der Waals surface area contributed by atoms with E-state index in [-0.39, 0.29) is 17.1 Å². The molecule has 1 aliphatic heterocycles. The highest BCUT2D eigenvalue weighted by Crippen LogP contribution is 2.43. The summed E-state index contributed by atoms with van der Waals surface area (Å²) in [5.74, 6) is -0.952. The number of anilines is 1. The topological polar surface area (TPSA) is 96.3 Å². The van der Waals surface area contributed by atoms with Gasteiger partial charge < -0.3 is 19.7 Å². The molecule has 2 aromatic rings. The summed E-state index contributed by atoms with van der Waals surface area (Å²) in [4.78, 5) is 26.3. The molecule has 1 atom stereocenters. The number of hydrogen-bond acceptors (Lipinski definition) is 6. The Kier molecular flexibility index (Phi) is 4.77. The van der Waals surface area contributed by atoms with E-state index >= 15 is 0 Å². The monoisotopic (exact) mass is 369 g/mol. The molecule has 3 rings (SSSR count). The molecule has 2 aromatic carbocycles. The number of phenols is 1. The maximum atomic E-state index is 12.7. The van der Waals surface area contributed by atoms with Crippen LogP contribution >= 0.6 is 0 Å². The minimum Gasteiger partial charge on any atom is -0.504 e. The fourth-order valence-electron chi connectivity index (χ4n) is 3.15. The van der Waals surface area contributed by atoms with Crippen LogP contribution in [-0.2, 0) is 9.59 Å². The Balaban J connectivity index is 2.16. The molecule has 1 heterocycles. The van der Waals surface area contributed by atoms with Crippen LogP contribution in [0.3, 0.4) is 0 Å².